The van der Waals surface area contributed by atoms with Crippen LogP contribution in [0, 0.1) is 0 Å². The predicted octanol–water partition coefficient (Wildman–Crippen LogP) is 4.35. The molecule has 8 heteroatoms. The summed E-state index contributed by atoms with van der Waals surface area (Å²) in [6.07, 6.45) is 1.14. The summed E-state index contributed by atoms with van der Waals surface area (Å²) in [6, 6.07) is 15.7. The lowest BCUT2D eigenvalue weighted by Gasteiger charge is -2.23. The van der Waals surface area contributed by atoms with Gasteiger partial charge in [-0.15, -0.1) is 11.3 Å². The van der Waals surface area contributed by atoms with Crippen molar-refractivity contribution in [1.82, 2.24) is 4.31 Å². The fraction of sp³-hybridized carbons (Fsp3) is 0.211. The van der Waals surface area contributed by atoms with E-state index in [1.807, 2.05) is 42.5 Å². The quantitative estimate of drug-likeness (QED) is 0.682. The Bertz CT molecular complexity index is 1110. The summed E-state index contributed by atoms with van der Waals surface area (Å²) >= 11 is 6.90. The van der Waals surface area contributed by atoms with E-state index >= 15 is 0 Å². The first-order chi connectivity index (χ1) is 13.0. The second kappa shape index (κ2) is 7.24. The number of nitrogens with zero attached hydrogens (tertiary/aromatic N) is 1. The van der Waals surface area contributed by atoms with Crippen LogP contribution in [0.3, 0.4) is 0 Å². The van der Waals surface area contributed by atoms with Crippen molar-refractivity contribution in [2.75, 3.05) is 11.9 Å². The molecule has 140 valence electrons. The van der Waals surface area contributed by atoms with Gasteiger partial charge in [0.15, 0.2) is 0 Å². The van der Waals surface area contributed by atoms with E-state index in [1.54, 1.807) is 6.07 Å². The second-order valence-corrected chi connectivity index (χ2v) is 10.2. The Kier molecular flexibility index (Phi) is 4.94. The second-order valence-electron chi connectivity index (χ2n) is 6.35. The van der Waals surface area contributed by atoms with Crippen LogP contribution in [0.4, 0.5) is 5.69 Å². The van der Waals surface area contributed by atoms with Crippen LogP contribution in [0.5, 0.6) is 0 Å². The molecule has 1 aliphatic rings. The van der Waals surface area contributed by atoms with Gasteiger partial charge in [0.25, 0.3) is 10.0 Å². The zero-order chi connectivity index (χ0) is 19.0. The molecule has 0 aliphatic carbocycles. The summed E-state index contributed by atoms with van der Waals surface area (Å²) in [5.41, 5.74) is 0.682. The summed E-state index contributed by atoms with van der Waals surface area (Å²) in [6.45, 7) is 0.325. The molecule has 1 atom stereocenters. The summed E-state index contributed by atoms with van der Waals surface area (Å²) < 4.78 is 27.7. The maximum atomic E-state index is 12.9. The van der Waals surface area contributed by atoms with Crippen LogP contribution in [0.15, 0.2) is 58.8 Å². The van der Waals surface area contributed by atoms with Gasteiger partial charge in [-0.05, 0) is 36.4 Å². The van der Waals surface area contributed by atoms with E-state index in [0.29, 0.717) is 29.4 Å². The molecule has 1 aliphatic heterocycles. The third-order valence-electron chi connectivity index (χ3n) is 4.67. The zero-order valence-electron chi connectivity index (χ0n) is 14.3. The number of rotatable bonds is 4. The number of hydrogen-bond donors (Lipinski definition) is 1. The molecular weight excluding hydrogens is 404 g/mol. The Balaban J connectivity index is 1.61. The largest absolute Gasteiger partial charge is 0.324 e. The number of hydrogen-bond acceptors (Lipinski definition) is 4. The zero-order valence-corrected chi connectivity index (χ0v) is 16.7. The van der Waals surface area contributed by atoms with Gasteiger partial charge in [0.1, 0.15) is 10.3 Å². The third kappa shape index (κ3) is 3.48. The van der Waals surface area contributed by atoms with E-state index in [9.17, 15) is 13.2 Å². The van der Waals surface area contributed by atoms with Gasteiger partial charge in [0.05, 0.1) is 4.34 Å². The number of nitrogens with one attached hydrogen (secondary N) is 1. The molecule has 1 fully saturated rings. The van der Waals surface area contributed by atoms with Gasteiger partial charge < -0.3 is 5.32 Å². The van der Waals surface area contributed by atoms with Crippen molar-refractivity contribution in [3.05, 3.63) is 58.9 Å². The number of anilines is 1. The lowest BCUT2D eigenvalue weighted by molar-refractivity contribution is -0.119. The average molecular weight is 421 g/mol. The maximum Gasteiger partial charge on any atom is 0.253 e. The highest BCUT2D eigenvalue weighted by Crippen LogP contribution is 2.33. The lowest BCUT2D eigenvalue weighted by atomic mass is 10.1. The molecule has 0 unspecified atom stereocenters. The highest BCUT2D eigenvalue weighted by molar-refractivity contribution is 7.91. The molecule has 27 heavy (non-hydrogen) atoms. The van der Waals surface area contributed by atoms with E-state index in [0.717, 1.165) is 22.1 Å². The molecule has 2 aromatic carbocycles. The van der Waals surface area contributed by atoms with Gasteiger partial charge in [-0.2, -0.15) is 4.31 Å². The van der Waals surface area contributed by atoms with E-state index in [1.165, 1.54) is 10.4 Å². The van der Waals surface area contributed by atoms with Crippen LogP contribution in [0.25, 0.3) is 10.8 Å². The monoisotopic (exact) mass is 420 g/mol. The molecule has 0 radical (unpaired) electrons. The number of fused-ring (bicyclic) bond motifs is 1. The van der Waals surface area contributed by atoms with Gasteiger partial charge in [-0.3, -0.25) is 4.79 Å². The number of carbonyl (C=O) groups is 1. The minimum Gasteiger partial charge on any atom is -0.324 e. The molecular formula is C19H17ClN2O3S2. The molecule has 2 heterocycles. The Morgan fingerprint density at radius 1 is 1.11 bits per heavy atom. The fourth-order valence-electron chi connectivity index (χ4n) is 3.39. The summed E-state index contributed by atoms with van der Waals surface area (Å²) in [5.74, 6) is -0.310. The number of halogens is 1. The van der Waals surface area contributed by atoms with Gasteiger partial charge in [0.2, 0.25) is 5.91 Å². The summed E-state index contributed by atoms with van der Waals surface area (Å²) in [5, 5.41) is 4.85. The first-order valence-corrected chi connectivity index (χ1v) is 11.2. The van der Waals surface area contributed by atoms with E-state index in [2.05, 4.69) is 5.32 Å². The fourth-order valence-corrected chi connectivity index (χ4v) is 6.66. The maximum absolute atomic E-state index is 12.9. The smallest absolute Gasteiger partial charge is 0.253 e. The van der Waals surface area contributed by atoms with E-state index in [4.69, 9.17) is 11.6 Å². The summed E-state index contributed by atoms with van der Waals surface area (Å²) in [4.78, 5) is 12.9. The van der Waals surface area contributed by atoms with Crippen LogP contribution in [-0.4, -0.2) is 31.2 Å². The highest BCUT2D eigenvalue weighted by atomic mass is 35.5. The molecule has 0 bridgehead atoms. The number of thiophene rings is 1. The molecule has 5 nitrogen and oxygen atoms in total. The van der Waals surface area contributed by atoms with Gasteiger partial charge >= 0.3 is 0 Å². The average Bonchev–Trinajstić information content (AvgIpc) is 3.32. The van der Waals surface area contributed by atoms with Gasteiger partial charge in [-0.25, -0.2) is 8.42 Å². The van der Waals surface area contributed by atoms with E-state index < -0.39 is 16.1 Å². The van der Waals surface area contributed by atoms with Crippen molar-refractivity contribution < 1.29 is 13.2 Å². The minimum absolute atomic E-state index is 0.164. The lowest BCUT2D eigenvalue weighted by Crippen LogP contribution is -2.42. The Hall–Kier alpha value is -1.93. The number of sulfonamides is 1. The molecule has 4 rings (SSSR count). The van der Waals surface area contributed by atoms with Crippen LogP contribution < -0.4 is 5.32 Å². The molecule has 0 saturated carbocycles. The Morgan fingerprint density at radius 3 is 2.67 bits per heavy atom. The van der Waals surface area contributed by atoms with Crippen molar-refractivity contribution in [1.29, 1.82) is 0 Å². The summed E-state index contributed by atoms with van der Waals surface area (Å²) in [7, 11) is -3.74. The van der Waals surface area contributed by atoms with E-state index in [-0.39, 0.29) is 10.1 Å². The Morgan fingerprint density at radius 2 is 1.89 bits per heavy atom. The standard InChI is InChI=1S/C19H17ClN2O3S2/c20-17-10-11-18(26-17)27(24,25)22-12-4-9-16(22)19(23)21-15-8-3-6-13-5-1-2-7-14(13)15/h1-3,5-8,10-11,16H,4,9,12H2,(H,21,23)/t16-/m1/s1. The SMILES string of the molecule is O=C(Nc1cccc2ccccc12)[C@H]1CCCN1S(=O)(=O)c1ccc(Cl)s1. The van der Waals surface area contributed by atoms with Crippen LogP contribution in [-0.2, 0) is 14.8 Å². The third-order valence-corrected chi connectivity index (χ3v) is 8.27. The number of carbonyl (C=O) groups excluding carboxylic acids is 1. The van der Waals surface area contributed by atoms with Crippen molar-refractivity contribution in [3.8, 4) is 0 Å². The first-order valence-electron chi connectivity index (χ1n) is 8.52. The van der Waals surface area contributed by atoms with Crippen LogP contribution >= 0.6 is 22.9 Å². The predicted molar refractivity (Wildman–Crippen MR) is 109 cm³/mol. The van der Waals surface area contributed by atoms with Crippen LogP contribution in [0.2, 0.25) is 4.34 Å². The number of benzene rings is 2. The molecule has 3 aromatic rings. The minimum atomic E-state index is -3.74. The highest BCUT2D eigenvalue weighted by Gasteiger charge is 2.40. The molecule has 1 aromatic heterocycles. The van der Waals surface area contributed by atoms with Crippen LogP contribution in [0.1, 0.15) is 12.8 Å². The first kappa shape index (κ1) is 18.4. The number of amides is 1. The van der Waals surface area contributed by atoms with Crippen molar-refractivity contribution in [3.63, 3.8) is 0 Å². The van der Waals surface area contributed by atoms with Crippen molar-refractivity contribution in [2.24, 2.45) is 0 Å². The molecule has 0 spiro atoms. The topological polar surface area (TPSA) is 66.5 Å². The molecule has 1 N–H and O–H groups in total. The van der Waals surface area contributed by atoms with Gasteiger partial charge in [-0.1, -0.05) is 48.0 Å². The normalized spacial score (nSPS) is 18.0. The van der Waals surface area contributed by atoms with Crippen molar-refractivity contribution in [2.45, 2.75) is 23.1 Å². The molecule has 1 amide bonds. The van der Waals surface area contributed by atoms with Crippen molar-refractivity contribution >= 4 is 55.3 Å². The van der Waals surface area contributed by atoms with Gasteiger partial charge in [0, 0.05) is 17.6 Å². The Labute approximate surface area is 166 Å². The molecule has 1 saturated heterocycles.